The summed E-state index contributed by atoms with van der Waals surface area (Å²) >= 11 is 0. The highest BCUT2D eigenvalue weighted by atomic mass is 19.1. The standard InChI is InChI=1S/C26H29FN2O4/c1-17(2)16-33-22-10-8-19(9-11-22)23-24(28-12-4-5-18(14-28)15-30)26(32)29(25(23)31)21-7-3-6-20(27)13-21/h3,6-11,13,17-18,30H,4-5,12,14-16H2,1-2H3. The number of nitrogens with zero attached hydrogens (tertiary/aromatic N) is 2. The molecule has 1 unspecified atom stereocenters. The Morgan fingerprint density at radius 3 is 2.55 bits per heavy atom. The molecule has 2 heterocycles. The summed E-state index contributed by atoms with van der Waals surface area (Å²) in [5.74, 6) is -0.376. The van der Waals surface area contributed by atoms with E-state index < -0.39 is 17.6 Å². The van der Waals surface area contributed by atoms with Gasteiger partial charge in [-0.3, -0.25) is 9.59 Å². The molecule has 1 atom stereocenters. The summed E-state index contributed by atoms with van der Waals surface area (Å²) in [7, 11) is 0. The highest BCUT2D eigenvalue weighted by Gasteiger charge is 2.43. The highest BCUT2D eigenvalue weighted by molar-refractivity contribution is 6.45. The molecular formula is C26H29FN2O4. The van der Waals surface area contributed by atoms with Gasteiger partial charge < -0.3 is 14.7 Å². The Kier molecular flexibility index (Phi) is 6.79. The quantitative estimate of drug-likeness (QED) is 0.647. The van der Waals surface area contributed by atoms with Crippen LogP contribution in [0.15, 0.2) is 54.2 Å². The molecule has 2 aliphatic rings. The summed E-state index contributed by atoms with van der Waals surface area (Å²) in [5.41, 5.74) is 1.40. The van der Waals surface area contributed by atoms with E-state index in [9.17, 15) is 19.1 Å². The number of halogens is 1. The summed E-state index contributed by atoms with van der Waals surface area (Å²) in [6, 6.07) is 12.6. The van der Waals surface area contributed by atoms with Gasteiger partial charge in [0.15, 0.2) is 0 Å². The molecule has 1 N–H and O–H groups in total. The highest BCUT2D eigenvalue weighted by Crippen LogP contribution is 2.37. The summed E-state index contributed by atoms with van der Waals surface area (Å²) in [5, 5.41) is 9.67. The van der Waals surface area contributed by atoms with Gasteiger partial charge in [-0.15, -0.1) is 0 Å². The van der Waals surface area contributed by atoms with Crippen LogP contribution in [-0.2, 0) is 9.59 Å². The van der Waals surface area contributed by atoms with Crippen LogP contribution in [0, 0.1) is 17.7 Å². The largest absolute Gasteiger partial charge is 0.493 e. The van der Waals surface area contributed by atoms with Gasteiger partial charge in [0, 0.05) is 19.7 Å². The molecule has 2 aromatic carbocycles. The molecule has 0 aliphatic carbocycles. The second-order valence-electron chi connectivity index (χ2n) is 9.02. The van der Waals surface area contributed by atoms with E-state index >= 15 is 0 Å². The third-order valence-electron chi connectivity index (χ3n) is 5.95. The molecule has 0 radical (unpaired) electrons. The number of carbonyl (C=O) groups excluding carboxylic acids is 2. The summed E-state index contributed by atoms with van der Waals surface area (Å²) in [6.07, 6.45) is 1.68. The second kappa shape index (κ2) is 9.75. The fourth-order valence-electron chi connectivity index (χ4n) is 4.32. The van der Waals surface area contributed by atoms with Gasteiger partial charge in [0.25, 0.3) is 11.8 Å². The van der Waals surface area contributed by atoms with E-state index in [1.807, 2.05) is 4.90 Å². The summed E-state index contributed by atoms with van der Waals surface area (Å²) < 4.78 is 19.7. The van der Waals surface area contributed by atoms with Gasteiger partial charge in [-0.2, -0.15) is 0 Å². The molecule has 0 bridgehead atoms. The van der Waals surface area contributed by atoms with Crippen molar-refractivity contribution in [2.45, 2.75) is 26.7 Å². The zero-order chi connectivity index (χ0) is 23.5. The van der Waals surface area contributed by atoms with Crippen LogP contribution in [0.1, 0.15) is 32.3 Å². The predicted molar refractivity (Wildman–Crippen MR) is 124 cm³/mol. The average Bonchev–Trinajstić information content (AvgIpc) is 3.08. The normalized spacial score (nSPS) is 19.1. The molecule has 6 nitrogen and oxygen atoms in total. The lowest BCUT2D eigenvalue weighted by atomic mass is 9.97. The number of aliphatic hydroxyl groups excluding tert-OH is 1. The topological polar surface area (TPSA) is 70.1 Å². The maximum atomic E-state index is 13.9. The maximum Gasteiger partial charge on any atom is 0.282 e. The molecule has 0 aromatic heterocycles. The molecule has 1 fully saturated rings. The molecule has 1 saturated heterocycles. The number of hydrogen-bond donors (Lipinski definition) is 1. The Labute approximate surface area is 193 Å². The molecule has 174 valence electrons. The van der Waals surface area contributed by atoms with Crippen molar-refractivity contribution in [3.63, 3.8) is 0 Å². The number of benzene rings is 2. The number of carbonyl (C=O) groups is 2. The Balaban J connectivity index is 1.74. The second-order valence-corrected chi connectivity index (χ2v) is 9.02. The molecule has 33 heavy (non-hydrogen) atoms. The number of aliphatic hydroxyl groups is 1. The van der Waals surface area contributed by atoms with E-state index in [4.69, 9.17) is 4.74 Å². The van der Waals surface area contributed by atoms with Gasteiger partial charge in [-0.05, 0) is 60.6 Å². The van der Waals surface area contributed by atoms with Gasteiger partial charge in [-0.1, -0.05) is 32.0 Å². The molecule has 0 spiro atoms. The van der Waals surface area contributed by atoms with Crippen LogP contribution in [0.3, 0.4) is 0 Å². The van der Waals surface area contributed by atoms with Crippen LogP contribution < -0.4 is 9.64 Å². The Hall–Kier alpha value is -3.19. The van der Waals surface area contributed by atoms with Crippen molar-refractivity contribution < 1.29 is 23.8 Å². The molecule has 2 aliphatic heterocycles. The number of ether oxygens (including phenoxy) is 1. The van der Waals surface area contributed by atoms with Gasteiger partial charge in [-0.25, -0.2) is 9.29 Å². The van der Waals surface area contributed by atoms with E-state index in [-0.39, 0.29) is 18.2 Å². The van der Waals surface area contributed by atoms with Crippen LogP contribution in [0.25, 0.3) is 5.57 Å². The molecular weight excluding hydrogens is 423 g/mol. The number of rotatable bonds is 7. The van der Waals surface area contributed by atoms with Crippen LogP contribution in [-0.4, -0.2) is 48.1 Å². The first kappa shape index (κ1) is 23.0. The van der Waals surface area contributed by atoms with Crippen molar-refractivity contribution in [2.24, 2.45) is 11.8 Å². The first-order chi connectivity index (χ1) is 15.9. The molecule has 2 aromatic rings. The Bertz CT molecular complexity index is 1060. The lowest BCUT2D eigenvalue weighted by molar-refractivity contribution is -0.120. The third-order valence-corrected chi connectivity index (χ3v) is 5.95. The maximum absolute atomic E-state index is 13.9. The van der Waals surface area contributed by atoms with Crippen molar-refractivity contribution >= 4 is 23.1 Å². The third kappa shape index (κ3) is 4.78. The van der Waals surface area contributed by atoms with Gasteiger partial charge in [0.05, 0.1) is 17.9 Å². The van der Waals surface area contributed by atoms with E-state index in [2.05, 4.69) is 13.8 Å². The Morgan fingerprint density at radius 1 is 1.12 bits per heavy atom. The zero-order valence-corrected chi connectivity index (χ0v) is 19.0. The summed E-state index contributed by atoms with van der Waals surface area (Å²) in [6.45, 7) is 5.83. The first-order valence-corrected chi connectivity index (χ1v) is 11.4. The van der Waals surface area contributed by atoms with Crippen LogP contribution in [0.2, 0.25) is 0 Å². The van der Waals surface area contributed by atoms with Gasteiger partial charge in [0.1, 0.15) is 17.3 Å². The number of amides is 2. The average molecular weight is 453 g/mol. The Morgan fingerprint density at radius 2 is 1.88 bits per heavy atom. The van der Waals surface area contributed by atoms with Crippen molar-refractivity contribution in [3.05, 3.63) is 65.6 Å². The van der Waals surface area contributed by atoms with E-state index in [1.54, 1.807) is 30.3 Å². The van der Waals surface area contributed by atoms with Crippen molar-refractivity contribution in [1.82, 2.24) is 4.90 Å². The molecule has 2 amide bonds. The number of anilines is 1. The van der Waals surface area contributed by atoms with Crippen LogP contribution in [0.4, 0.5) is 10.1 Å². The monoisotopic (exact) mass is 452 g/mol. The van der Waals surface area contributed by atoms with Crippen molar-refractivity contribution in [1.29, 1.82) is 0 Å². The minimum Gasteiger partial charge on any atom is -0.493 e. The first-order valence-electron chi connectivity index (χ1n) is 11.4. The minimum atomic E-state index is -0.520. The fraction of sp³-hybridized carbons (Fsp3) is 0.385. The summed E-state index contributed by atoms with van der Waals surface area (Å²) in [4.78, 5) is 30.0. The number of hydrogen-bond acceptors (Lipinski definition) is 5. The van der Waals surface area contributed by atoms with E-state index in [1.165, 1.54) is 18.2 Å². The number of likely N-dealkylation sites (tertiary alicyclic amines) is 1. The number of piperidine rings is 1. The van der Waals surface area contributed by atoms with Crippen LogP contribution >= 0.6 is 0 Å². The van der Waals surface area contributed by atoms with Gasteiger partial charge in [0.2, 0.25) is 0 Å². The van der Waals surface area contributed by atoms with Gasteiger partial charge >= 0.3 is 0 Å². The zero-order valence-electron chi connectivity index (χ0n) is 19.0. The number of imide groups is 1. The SMILES string of the molecule is CC(C)COc1ccc(C2=C(N3CCCC(CO)C3)C(=O)N(c3cccc(F)c3)C2=O)cc1. The van der Waals surface area contributed by atoms with Crippen LogP contribution in [0.5, 0.6) is 5.75 Å². The lowest BCUT2D eigenvalue weighted by Gasteiger charge is -2.34. The lowest BCUT2D eigenvalue weighted by Crippen LogP contribution is -2.40. The van der Waals surface area contributed by atoms with Crippen molar-refractivity contribution in [3.8, 4) is 5.75 Å². The van der Waals surface area contributed by atoms with Crippen molar-refractivity contribution in [2.75, 3.05) is 31.2 Å². The molecule has 7 heteroatoms. The molecule has 0 saturated carbocycles. The minimum absolute atomic E-state index is 0.0246. The van der Waals surface area contributed by atoms with E-state index in [0.29, 0.717) is 48.2 Å². The smallest absolute Gasteiger partial charge is 0.282 e. The predicted octanol–water partition coefficient (Wildman–Crippen LogP) is 3.85. The molecule has 4 rings (SSSR count). The fourth-order valence-corrected chi connectivity index (χ4v) is 4.32. The van der Waals surface area contributed by atoms with E-state index in [0.717, 1.165) is 17.7 Å².